The van der Waals surface area contributed by atoms with E-state index in [1.807, 2.05) is 60.7 Å². The predicted octanol–water partition coefficient (Wildman–Crippen LogP) is 3.40. The van der Waals surface area contributed by atoms with E-state index in [4.69, 9.17) is 9.47 Å². The van der Waals surface area contributed by atoms with Gasteiger partial charge in [0.05, 0.1) is 13.2 Å². The lowest BCUT2D eigenvalue weighted by Crippen LogP contribution is -2.35. The molecular formula is C18H21NO3. The van der Waals surface area contributed by atoms with Crippen molar-refractivity contribution in [2.45, 2.75) is 13.2 Å². The van der Waals surface area contributed by atoms with Crippen molar-refractivity contribution >= 4 is 11.6 Å². The molecule has 0 aliphatic carbocycles. The molecule has 4 heteroatoms. The van der Waals surface area contributed by atoms with Gasteiger partial charge in [-0.05, 0) is 12.1 Å². The summed E-state index contributed by atoms with van der Waals surface area (Å²) in [6.45, 7) is 2.43. The van der Waals surface area contributed by atoms with Crippen LogP contribution in [0.4, 0.5) is 5.69 Å². The van der Waals surface area contributed by atoms with E-state index >= 15 is 0 Å². The minimum absolute atomic E-state index is 0.0718. The number of anilines is 1. The van der Waals surface area contributed by atoms with Gasteiger partial charge in [-0.15, -0.1) is 0 Å². The molecule has 2 aromatic carbocycles. The zero-order valence-corrected chi connectivity index (χ0v) is 12.9. The van der Waals surface area contributed by atoms with Gasteiger partial charge in [-0.2, -0.15) is 0 Å². The molecule has 0 radical (unpaired) electrons. The van der Waals surface area contributed by atoms with Gasteiger partial charge in [-0.3, -0.25) is 9.69 Å². The molecule has 22 heavy (non-hydrogen) atoms. The molecule has 0 fully saturated rings. The van der Waals surface area contributed by atoms with Gasteiger partial charge in [0.25, 0.3) is 0 Å². The normalized spacial score (nSPS) is 11.9. The molecule has 1 amide bonds. The van der Waals surface area contributed by atoms with Gasteiger partial charge in [0.2, 0.25) is 5.91 Å². The summed E-state index contributed by atoms with van der Waals surface area (Å²) in [4.78, 5) is 13.9. The maximum Gasteiger partial charge on any atom is 0.226 e. The van der Waals surface area contributed by atoms with Gasteiger partial charge in [0.1, 0.15) is 0 Å². The number of rotatable bonds is 7. The molecule has 0 spiro atoms. The highest BCUT2D eigenvalue weighted by atomic mass is 16.5. The summed E-state index contributed by atoms with van der Waals surface area (Å²) in [7, 11) is 1.63. The Morgan fingerprint density at radius 2 is 1.59 bits per heavy atom. The zero-order valence-electron chi connectivity index (χ0n) is 12.9. The first-order valence-corrected chi connectivity index (χ1v) is 7.24. The van der Waals surface area contributed by atoms with E-state index in [-0.39, 0.29) is 5.91 Å². The van der Waals surface area contributed by atoms with Gasteiger partial charge in [-0.25, -0.2) is 0 Å². The molecule has 0 bridgehead atoms. The van der Waals surface area contributed by atoms with Crippen LogP contribution in [0.1, 0.15) is 18.7 Å². The molecule has 116 valence electrons. The van der Waals surface area contributed by atoms with Gasteiger partial charge >= 0.3 is 0 Å². The fourth-order valence-corrected chi connectivity index (χ4v) is 2.25. The highest BCUT2D eigenvalue weighted by molar-refractivity contribution is 5.92. The number of para-hydroxylation sites is 1. The van der Waals surface area contributed by atoms with Crippen molar-refractivity contribution in [2.75, 3.05) is 25.2 Å². The molecule has 1 atom stereocenters. The Kier molecular flexibility index (Phi) is 6.13. The van der Waals surface area contributed by atoms with Crippen molar-refractivity contribution in [3.8, 4) is 0 Å². The highest BCUT2D eigenvalue weighted by Gasteiger charge is 2.24. The Hall–Kier alpha value is -2.17. The summed E-state index contributed by atoms with van der Waals surface area (Å²) in [5.74, 6) is -0.0718. The highest BCUT2D eigenvalue weighted by Crippen LogP contribution is 2.28. The molecular weight excluding hydrogens is 278 g/mol. The lowest BCUT2D eigenvalue weighted by atomic mass is 10.1. The summed E-state index contributed by atoms with van der Waals surface area (Å²) in [5, 5.41) is 0. The second-order valence-corrected chi connectivity index (χ2v) is 4.85. The Bertz CT molecular complexity index is 571. The fourth-order valence-electron chi connectivity index (χ4n) is 2.25. The zero-order chi connectivity index (χ0) is 15.8. The van der Waals surface area contributed by atoms with Crippen molar-refractivity contribution in [2.24, 2.45) is 0 Å². The lowest BCUT2D eigenvalue weighted by molar-refractivity contribution is -0.119. The summed E-state index contributed by atoms with van der Waals surface area (Å²) >= 11 is 0. The number of ether oxygens (including phenoxy) is 2. The van der Waals surface area contributed by atoms with Crippen LogP contribution in [0.5, 0.6) is 0 Å². The average Bonchev–Trinajstić information content (AvgIpc) is 2.55. The topological polar surface area (TPSA) is 38.8 Å². The number of nitrogens with zero attached hydrogens (tertiary/aromatic N) is 1. The van der Waals surface area contributed by atoms with Gasteiger partial charge in [0, 0.05) is 25.3 Å². The number of methoxy groups -OCH3 is 1. The molecule has 1 unspecified atom stereocenters. The number of hydrogen-bond donors (Lipinski definition) is 0. The molecule has 0 heterocycles. The summed E-state index contributed by atoms with van der Waals surface area (Å²) < 4.78 is 11.0. The Balaban J connectivity index is 2.34. The van der Waals surface area contributed by atoms with Gasteiger partial charge in [0.15, 0.2) is 6.23 Å². The van der Waals surface area contributed by atoms with Crippen LogP contribution in [0, 0.1) is 0 Å². The SMILES string of the molecule is COCCOC(c1ccccc1)N(C(C)=O)c1ccccc1. The first-order valence-electron chi connectivity index (χ1n) is 7.24. The average molecular weight is 299 g/mol. The largest absolute Gasteiger partial charge is 0.382 e. The molecule has 0 aliphatic heterocycles. The van der Waals surface area contributed by atoms with E-state index in [0.717, 1.165) is 11.3 Å². The molecule has 0 N–H and O–H groups in total. The first kappa shape index (κ1) is 16.2. The number of hydrogen-bond acceptors (Lipinski definition) is 3. The van der Waals surface area contributed by atoms with Crippen LogP contribution >= 0.6 is 0 Å². The van der Waals surface area contributed by atoms with Crippen LogP contribution in [0.3, 0.4) is 0 Å². The smallest absolute Gasteiger partial charge is 0.226 e. The van der Waals surface area contributed by atoms with Crippen molar-refractivity contribution in [3.63, 3.8) is 0 Å². The Labute approximate surface area is 131 Å². The van der Waals surface area contributed by atoms with Gasteiger partial charge in [-0.1, -0.05) is 48.5 Å². The monoisotopic (exact) mass is 299 g/mol. The van der Waals surface area contributed by atoms with Crippen LogP contribution in [0.25, 0.3) is 0 Å². The second-order valence-electron chi connectivity index (χ2n) is 4.85. The van der Waals surface area contributed by atoms with E-state index in [1.165, 1.54) is 0 Å². The summed E-state index contributed by atoms with van der Waals surface area (Å²) in [6, 6.07) is 19.3. The van der Waals surface area contributed by atoms with Crippen molar-refractivity contribution in [1.29, 1.82) is 0 Å². The summed E-state index contributed by atoms with van der Waals surface area (Å²) in [6.07, 6.45) is -0.476. The maximum absolute atomic E-state index is 12.2. The van der Waals surface area contributed by atoms with Crippen molar-refractivity contribution in [3.05, 3.63) is 66.2 Å². The minimum atomic E-state index is -0.476. The van der Waals surface area contributed by atoms with E-state index in [9.17, 15) is 4.79 Å². The second kappa shape index (κ2) is 8.32. The predicted molar refractivity (Wildman–Crippen MR) is 86.6 cm³/mol. The third kappa shape index (κ3) is 4.16. The van der Waals surface area contributed by atoms with Gasteiger partial charge < -0.3 is 9.47 Å². The number of carbonyl (C=O) groups is 1. The van der Waals surface area contributed by atoms with E-state index in [1.54, 1.807) is 18.9 Å². The molecule has 0 aliphatic rings. The van der Waals surface area contributed by atoms with Crippen LogP contribution in [-0.2, 0) is 14.3 Å². The molecule has 0 aromatic heterocycles. The number of carbonyl (C=O) groups excluding carboxylic acids is 1. The molecule has 2 aromatic rings. The minimum Gasteiger partial charge on any atom is -0.382 e. The third-order valence-electron chi connectivity index (χ3n) is 3.26. The van der Waals surface area contributed by atoms with Crippen LogP contribution in [0.2, 0.25) is 0 Å². The van der Waals surface area contributed by atoms with Crippen LogP contribution < -0.4 is 4.90 Å². The third-order valence-corrected chi connectivity index (χ3v) is 3.26. The maximum atomic E-state index is 12.2. The quantitative estimate of drug-likeness (QED) is 0.581. The van der Waals surface area contributed by atoms with E-state index in [0.29, 0.717) is 13.2 Å². The standard InChI is InChI=1S/C18H21NO3/c1-15(20)19(17-11-7-4-8-12-17)18(22-14-13-21-2)16-9-5-3-6-10-16/h3-12,18H,13-14H2,1-2H3. The van der Waals surface area contributed by atoms with Crippen LogP contribution in [-0.4, -0.2) is 26.2 Å². The fraction of sp³-hybridized carbons (Fsp3) is 0.278. The molecule has 4 nitrogen and oxygen atoms in total. The summed E-state index contributed by atoms with van der Waals surface area (Å²) in [5.41, 5.74) is 1.74. The molecule has 0 saturated heterocycles. The van der Waals surface area contributed by atoms with E-state index in [2.05, 4.69) is 0 Å². The Morgan fingerprint density at radius 3 is 2.14 bits per heavy atom. The first-order chi connectivity index (χ1) is 10.7. The number of amides is 1. The lowest BCUT2D eigenvalue weighted by Gasteiger charge is -2.31. The number of benzene rings is 2. The Morgan fingerprint density at radius 1 is 1.00 bits per heavy atom. The van der Waals surface area contributed by atoms with Crippen molar-refractivity contribution in [1.82, 2.24) is 0 Å². The molecule has 0 saturated carbocycles. The van der Waals surface area contributed by atoms with E-state index < -0.39 is 6.23 Å². The molecule has 2 rings (SSSR count). The van der Waals surface area contributed by atoms with Crippen LogP contribution in [0.15, 0.2) is 60.7 Å². The van der Waals surface area contributed by atoms with Crippen molar-refractivity contribution < 1.29 is 14.3 Å².